The molecule has 0 saturated carbocycles. The van der Waals surface area contributed by atoms with Crippen LogP contribution in [-0.4, -0.2) is 32.6 Å². The van der Waals surface area contributed by atoms with Gasteiger partial charge in [-0.15, -0.1) is 0 Å². The Hall–Kier alpha value is -0.940. The maximum absolute atomic E-state index is 8.94. The largest absolute Gasteiger partial charge is 0.388 e. The molecule has 1 heterocycles. The third-order valence-corrected chi connectivity index (χ3v) is 2.32. The first-order valence-corrected chi connectivity index (χ1v) is 4.62. The lowest BCUT2D eigenvalue weighted by atomic mass is 10.1. The summed E-state index contributed by atoms with van der Waals surface area (Å²) in [4.78, 5) is 3.92. The lowest BCUT2D eigenvalue weighted by molar-refractivity contribution is 0.0109. The van der Waals surface area contributed by atoms with Crippen molar-refractivity contribution in [2.24, 2.45) is 0 Å². The molecule has 1 N–H and O–H groups in total. The van der Waals surface area contributed by atoms with E-state index in [0.717, 1.165) is 6.42 Å². The summed E-state index contributed by atoms with van der Waals surface area (Å²) in [6.07, 6.45) is 2.28. The Morgan fingerprint density at radius 2 is 2.29 bits per heavy atom. The second kappa shape index (κ2) is 4.52. The van der Waals surface area contributed by atoms with E-state index in [9.17, 15) is 0 Å². The second-order valence-electron chi connectivity index (χ2n) is 3.77. The van der Waals surface area contributed by atoms with Crippen molar-refractivity contribution in [3.63, 3.8) is 0 Å². The minimum atomic E-state index is -0.168. The predicted molar refractivity (Wildman–Crippen MR) is 51.6 cm³/mol. The number of aryl methyl sites for hydroxylation is 1. The van der Waals surface area contributed by atoms with Gasteiger partial charge in [-0.25, -0.2) is 9.67 Å². The summed E-state index contributed by atoms with van der Waals surface area (Å²) in [6.45, 7) is 4.66. The van der Waals surface area contributed by atoms with E-state index < -0.39 is 0 Å². The molecule has 0 radical (unpaired) electrons. The first kappa shape index (κ1) is 11.1. The number of aliphatic hydroxyl groups excluding tert-OH is 1. The van der Waals surface area contributed by atoms with Crippen LogP contribution < -0.4 is 0 Å². The van der Waals surface area contributed by atoms with Gasteiger partial charge in [-0.3, -0.25) is 0 Å². The molecule has 0 unspecified atom stereocenters. The molecule has 0 aliphatic carbocycles. The van der Waals surface area contributed by atoms with Gasteiger partial charge in [0.25, 0.3) is 0 Å². The van der Waals surface area contributed by atoms with Gasteiger partial charge >= 0.3 is 0 Å². The van der Waals surface area contributed by atoms with Crippen molar-refractivity contribution in [1.82, 2.24) is 14.8 Å². The van der Waals surface area contributed by atoms with Gasteiger partial charge in [-0.2, -0.15) is 5.10 Å². The Morgan fingerprint density at radius 1 is 1.57 bits per heavy atom. The summed E-state index contributed by atoms with van der Waals surface area (Å²) in [5, 5.41) is 13.0. The van der Waals surface area contributed by atoms with Crippen molar-refractivity contribution < 1.29 is 9.84 Å². The number of methoxy groups -OCH3 is 1. The molecule has 0 fully saturated rings. The van der Waals surface area contributed by atoms with Crippen LogP contribution in [0.5, 0.6) is 0 Å². The van der Waals surface area contributed by atoms with Crippen LogP contribution in [-0.2, 0) is 17.9 Å². The highest BCUT2D eigenvalue weighted by atomic mass is 16.5. The third kappa shape index (κ3) is 2.78. The summed E-state index contributed by atoms with van der Waals surface area (Å²) >= 11 is 0. The molecule has 0 aliphatic heterocycles. The Labute approximate surface area is 83.7 Å². The standard InChI is InChI=1S/C9H17N3O2/c1-9(2,14-3)4-5-12-8(6-13)10-7-11-12/h7,13H,4-6H2,1-3H3. The van der Waals surface area contributed by atoms with Crippen LogP contribution in [0.2, 0.25) is 0 Å². The molecule has 0 aliphatic rings. The van der Waals surface area contributed by atoms with E-state index in [1.165, 1.54) is 6.33 Å². The fourth-order valence-electron chi connectivity index (χ4n) is 1.07. The number of ether oxygens (including phenoxy) is 1. The highest BCUT2D eigenvalue weighted by molar-refractivity contribution is 4.81. The first-order valence-electron chi connectivity index (χ1n) is 4.62. The Balaban J connectivity index is 2.53. The quantitative estimate of drug-likeness (QED) is 0.753. The van der Waals surface area contributed by atoms with Gasteiger partial charge < -0.3 is 9.84 Å². The maximum atomic E-state index is 8.94. The third-order valence-electron chi connectivity index (χ3n) is 2.32. The van der Waals surface area contributed by atoms with Crippen LogP contribution in [0.25, 0.3) is 0 Å². The number of nitrogens with zero attached hydrogens (tertiary/aromatic N) is 3. The molecule has 0 spiro atoms. The Morgan fingerprint density at radius 3 is 2.86 bits per heavy atom. The number of hydrogen-bond acceptors (Lipinski definition) is 4. The average Bonchev–Trinajstić information content (AvgIpc) is 2.62. The number of aromatic nitrogens is 3. The summed E-state index contributed by atoms with van der Waals surface area (Å²) in [5.41, 5.74) is -0.168. The maximum Gasteiger partial charge on any atom is 0.152 e. The molecule has 1 aromatic heterocycles. The van der Waals surface area contributed by atoms with E-state index in [2.05, 4.69) is 10.1 Å². The van der Waals surface area contributed by atoms with Crippen molar-refractivity contribution >= 4 is 0 Å². The van der Waals surface area contributed by atoms with E-state index in [1.54, 1.807) is 11.8 Å². The minimum absolute atomic E-state index is 0.0760. The van der Waals surface area contributed by atoms with Crippen LogP contribution >= 0.6 is 0 Å². The van der Waals surface area contributed by atoms with E-state index in [1.807, 2.05) is 13.8 Å². The summed E-state index contributed by atoms with van der Waals surface area (Å²) in [5.74, 6) is 0.594. The Kier molecular flexibility index (Phi) is 3.60. The van der Waals surface area contributed by atoms with Crippen molar-refractivity contribution in [3.8, 4) is 0 Å². The zero-order valence-electron chi connectivity index (χ0n) is 8.90. The number of aliphatic hydroxyl groups is 1. The molecule has 5 nitrogen and oxygen atoms in total. The molecule has 0 atom stereocenters. The lowest BCUT2D eigenvalue weighted by Gasteiger charge is -2.22. The summed E-state index contributed by atoms with van der Waals surface area (Å²) in [7, 11) is 1.69. The van der Waals surface area contributed by atoms with Crippen molar-refractivity contribution in [2.75, 3.05) is 7.11 Å². The molecule has 1 rings (SSSR count). The summed E-state index contributed by atoms with van der Waals surface area (Å²) < 4.78 is 6.98. The van der Waals surface area contributed by atoms with Gasteiger partial charge in [0.1, 0.15) is 12.9 Å². The van der Waals surface area contributed by atoms with Gasteiger partial charge in [0.2, 0.25) is 0 Å². The molecule has 1 aromatic rings. The monoisotopic (exact) mass is 199 g/mol. The smallest absolute Gasteiger partial charge is 0.152 e. The van der Waals surface area contributed by atoms with E-state index in [-0.39, 0.29) is 12.2 Å². The fraction of sp³-hybridized carbons (Fsp3) is 0.778. The molecule has 14 heavy (non-hydrogen) atoms. The van der Waals surface area contributed by atoms with Crippen molar-refractivity contribution in [2.45, 2.75) is 39.0 Å². The molecule has 0 amide bonds. The molecular weight excluding hydrogens is 182 g/mol. The van der Waals surface area contributed by atoms with E-state index in [4.69, 9.17) is 9.84 Å². The van der Waals surface area contributed by atoms with Crippen LogP contribution in [0, 0.1) is 0 Å². The molecule has 0 aromatic carbocycles. The number of rotatable bonds is 5. The van der Waals surface area contributed by atoms with Crippen molar-refractivity contribution in [1.29, 1.82) is 0 Å². The highest BCUT2D eigenvalue weighted by Gasteiger charge is 2.16. The minimum Gasteiger partial charge on any atom is -0.388 e. The highest BCUT2D eigenvalue weighted by Crippen LogP contribution is 2.14. The Bertz CT molecular complexity index is 283. The number of hydrogen-bond donors (Lipinski definition) is 1. The zero-order chi connectivity index (χ0) is 10.6. The SMILES string of the molecule is COC(C)(C)CCn1ncnc1CO. The van der Waals surface area contributed by atoms with Crippen LogP contribution in [0.1, 0.15) is 26.1 Å². The van der Waals surface area contributed by atoms with Gasteiger partial charge in [-0.1, -0.05) is 0 Å². The van der Waals surface area contributed by atoms with Gasteiger partial charge in [-0.05, 0) is 20.3 Å². The van der Waals surface area contributed by atoms with Crippen LogP contribution in [0.15, 0.2) is 6.33 Å². The van der Waals surface area contributed by atoms with Crippen LogP contribution in [0.4, 0.5) is 0 Å². The molecule has 0 bridgehead atoms. The van der Waals surface area contributed by atoms with Crippen LogP contribution in [0.3, 0.4) is 0 Å². The molecule has 80 valence electrons. The predicted octanol–water partition coefficient (Wildman–Crippen LogP) is 0.586. The second-order valence-corrected chi connectivity index (χ2v) is 3.77. The average molecular weight is 199 g/mol. The summed E-state index contributed by atoms with van der Waals surface area (Å²) in [6, 6.07) is 0. The topological polar surface area (TPSA) is 60.2 Å². The fourth-order valence-corrected chi connectivity index (χ4v) is 1.07. The first-order chi connectivity index (χ1) is 6.59. The lowest BCUT2D eigenvalue weighted by Crippen LogP contribution is -2.25. The molecule has 5 heteroatoms. The van der Waals surface area contributed by atoms with Crippen molar-refractivity contribution in [3.05, 3.63) is 12.2 Å². The van der Waals surface area contributed by atoms with Gasteiger partial charge in [0, 0.05) is 13.7 Å². The molecular formula is C9H17N3O2. The normalized spacial score (nSPS) is 12.0. The van der Waals surface area contributed by atoms with E-state index >= 15 is 0 Å². The van der Waals surface area contributed by atoms with Gasteiger partial charge in [0.15, 0.2) is 5.82 Å². The van der Waals surface area contributed by atoms with E-state index in [0.29, 0.717) is 12.4 Å². The van der Waals surface area contributed by atoms with Gasteiger partial charge in [0.05, 0.1) is 5.60 Å². The molecule has 0 saturated heterocycles. The zero-order valence-corrected chi connectivity index (χ0v) is 8.90.